The van der Waals surface area contributed by atoms with Crippen LogP contribution in [0, 0.1) is 34.5 Å². The van der Waals surface area contributed by atoms with Gasteiger partial charge in [0.15, 0.2) is 0 Å². The first kappa shape index (κ1) is 31.9. The van der Waals surface area contributed by atoms with E-state index in [2.05, 4.69) is 48.3 Å². The molecule has 0 heterocycles. The predicted octanol–water partition coefficient (Wildman–Crippen LogP) is 7.75. The van der Waals surface area contributed by atoms with Gasteiger partial charge in [-0.3, -0.25) is 9.59 Å². The van der Waals surface area contributed by atoms with E-state index < -0.39 is 0 Å². The molecule has 234 valence electrons. The number of benzene rings is 1. The van der Waals surface area contributed by atoms with Gasteiger partial charge in [0, 0.05) is 49.9 Å². The number of hydrogen-bond acceptors (Lipinski definition) is 4. The lowest BCUT2D eigenvalue weighted by Crippen LogP contribution is -2.56. The highest BCUT2D eigenvalue weighted by Crippen LogP contribution is 2.66. The summed E-state index contributed by atoms with van der Waals surface area (Å²) in [5.74, 6) is 4.16. The van der Waals surface area contributed by atoms with Gasteiger partial charge in [-0.25, -0.2) is 0 Å². The van der Waals surface area contributed by atoms with Gasteiger partial charge in [0.25, 0.3) is 0 Å². The molecule has 5 nitrogen and oxygen atoms in total. The molecule has 4 aliphatic carbocycles. The largest absolute Gasteiger partial charge is 0.462 e. The van der Waals surface area contributed by atoms with Gasteiger partial charge in [0.2, 0.25) is 5.91 Å². The van der Waals surface area contributed by atoms with E-state index in [4.69, 9.17) is 27.9 Å². The number of halogens is 2. The van der Waals surface area contributed by atoms with E-state index in [-0.39, 0.29) is 23.4 Å². The summed E-state index contributed by atoms with van der Waals surface area (Å²) in [6.07, 6.45) is 12.9. The number of aryl methyl sites for hydroxylation is 1. The molecule has 0 radical (unpaired) electrons. The highest BCUT2D eigenvalue weighted by molar-refractivity contribution is 6.18. The number of anilines is 1. The highest BCUT2D eigenvalue weighted by Gasteiger charge is 2.60. The minimum Gasteiger partial charge on any atom is -0.462 e. The maximum absolute atomic E-state index is 12.8. The first-order valence-electron chi connectivity index (χ1n) is 16.6. The van der Waals surface area contributed by atoms with Crippen LogP contribution in [0.5, 0.6) is 0 Å². The third kappa shape index (κ3) is 6.63. The SMILES string of the molecule is CC(=O)N[C@H]1CCC2C3CC[C@H]4C[C@@H](OC(=O)CCCc5ccc(N(CCCl)CCCl)cc5)CC[C@]4(C)C3CC[C@@]21C. The Hall–Kier alpha value is -1.46. The number of nitrogens with one attached hydrogen (secondary N) is 1. The zero-order valence-corrected chi connectivity index (χ0v) is 27.5. The normalized spacial score (nSPS) is 35.5. The number of esters is 1. The van der Waals surface area contributed by atoms with Gasteiger partial charge < -0.3 is 15.0 Å². The number of fused-ring (bicyclic) bond motifs is 5. The maximum Gasteiger partial charge on any atom is 0.306 e. The topological polar surface area (TPSA) is 58.6 Å². The first-order chi connectivity index (χ1) is 20.2. The van der Waals surface area contributed by atoms with Crippen molar-refractivity contribution < 1.29 is 14.3 Å². The Morgan fingerprint density at radius 1 is 0.929 bits per heavy atom. The van der Waals surface area contributed by atoms with Gasteiger partial charge in [0.1, 0.15) is 6.10 Å². The lowest BCUT2D eigenvalue weighted by molar-refractivity contribution is -0.162. The highest BCUT2D eigenvalue weighted by atomic mass is 35.5. The molecular weight excluding hydrogens is 567 g/mol. The van der Waals surface area contributed by atoms with E-state index >= 15 is 0 Å². The number of carbonyl (C=O) groups is 2. The third-order valence-corrected chi connectivity index (χ3v) is 12.5. The summed E-state index contributed by atoms with van der Waals surface area (Å²) < 4.78 is 6.09. The van der Waals surface area contributed by atoms with Crippen LogP contribution in [0.15, 0.2) is 24.3 Å². The Morgan fingerprint density at radius 2 is 1.62 bits per heavy atom. The van der Waals surface area contributed by atoms with E-state index in [1.54, 1.807) is 6.92 Å². The van der Waals surface area contributed by atoms with Gasteiger partial charge in [0.05, 0.1) is 0 Å². The molecule has 1 N–H and O–H groups in total. The molecule has 4 aliphatic rings. The molecular formula is C35H52Cl2N2O3. The molecule has 1 aromatic carbocycles. The van der Waals surface area contributed by atoms with Gasteiger partial charge in [-0.1, -0.05) is 26.0 Å². The average Bonchev–Trinajstić information content (AvgIpc) is 3.29. The second-order valence-corrected chi connectivity index (χ2v) is 15.1. The molecule has 0 spiro atoms. The fraction of sp³-hybridized carbons (Fsp3) is 0.771. The van der Waals surface area contributed by atoms with Crippen LogP contribution < -0.4 is 10.2 Å². The molecule has 4 saturated carbocycles. The van der Waals surface area contributed by atoms with E-state index in [1.807, 2.05) is 0 Å². The van der Waals surface area contributed by atoms with Crippen LogP contribution in [0.3, 0.4) is 0 Å². The molecule has 0 aromatic heterocycles. The van der Waals surface area contributed by atoms with Crippen molar-refractivity contribution >= 4 is 40.8 Å². The standard InChI is InChI=1S/C35H52Cl2N2O3/c1-24(40)38-32-14-13-30-29-12-9-26-23-28(15-17-34(26,2)31(29)16-18-35(30,32)3)42-33(41)6-4-5-25-7-10-27(11-8-25)39(21-19-36)22-20-37/h7-8,10-11,26,28-32H,4-6,9,12-23H2,1-3H3,(H,38,40)/t26-,28-,29?,30?,31?,32-,34-,35-/m0/s1. The van der Waals surface area contributed by atoms with Crippen LogP contribution in [0.1, 0.15) is 97.0 Å². The van der Waals surface area contributed by atoms with Gasteiger partial charge in [-0.05, 0) is 123 Å². The minimum atomic E-state index is -0.0345. The van der Waals surface area contributed by atoms with Crippen LogP contribution in [-0.4, -0.2) is 48.9 Å². The van der Waals surface area contributed by atoms with Crippen LogP contribution in [-0.2, 0) is 20.7 Å². The van der Waals surface area contributed by atoms with Crippen LogP contribution in [0.4, 0.5) is 5.69 Å². The smallest absolute Gasteiger partial charge is 0.306 e. The number of rotatable bonds is 11. The molecule has 4 fully saturated rings. The Kier molecular flexibility index (Phi) is 10.4. The summed E-state index contributed by atoms with van der Waals surface area (Å²) in [7, 11) is 0. The fourth-order valence-corrected chi connectivity index (χ4v) is 10.3. The molecule has 5 rings (SSSR count). The number of amides is 1. The molecule has 0 saturated heterocycles. The van der Waals surface area contributed by atoms with Crippen molar-refractivity contribution in [1.82, 2.24) is 5.32 Å². The number of alkyl halides is 2. The van der Waals surface area contributed by atoms with Crippen molar-refractivity contribution in [1.29, 1.82) is 0 Å². The summed E-state index contributed by atoms with van der Waals surface area (Å²) in [6.45, 7) is 8.25. The van der Waals surface area contributed by atoms with E-state index in [0.29, 0.717) is 35.6 Å². The van der Waals surface area contributed by atoms with Gasteiger partial charge >= 0.3 is 5.97 Å². The zero-order valence-electron chi connectivity index (χ0n) is 26.0. The molecule has 3 unspecified atom stereocenters. The average molecular weight is 620 g/mol. The van der Waals surface area contributed by atoms with Crippen molar-refractivity contribution in [3.05, 3.63) is 29.8 Å². The molecule has 0 aliphatic heterocycles. The lowest BCUT2D eigenvalue weighted by atomic mass is 9.45. The summed E-state index contributed by atoms with van der Waals surface area (Å²) in [6, 6.07) is 8.89. The van der Waals surface area contributed by atoms with Crippen molar-refractivity contribution in [3.8, 4) is 0 Å². The summed E-state index contributed by atoms with van der Waals surface area (Å²) in [5, 5.41) is 3.31. The van der Waals surface area contributed by atoms with Crippen molar-refractivity contribution in [2.75, 3.05) is 29.7 Å². The van der Waals surface area contributed by atoms with Crippen LogP contribution in [0.25, 0.3) is 0 Å². The quantitative estimate of drug-likeness (QED) is 0.203. The fourth-order valence-electron chi connectivity index (χ4n) is 9.94. The van der Waals surface area contributed by atoms with Crippen molar-refractivity contribution in [2.45, 2.75) is 110 Å². The Labute approximate surface area is 263 Å². The van der Waals surface area contributed by atoms with Crippen LogP contribution >= 0.6 is 23.2 Å². The van der Waals surface area contributed by atoms with Crippen molar-refractivity contribution in [2.24, 2.45) is 34.5 Å². The number of nitrogens with zero attached hydrogens (tertiary/aromatic N) is 1. The molecule has 1 aromatic rings. The van der Waals surface area contributed by atoms with Crippen molar-refractivity contribution in [3.63, 3.8) is 0 Å². The molecule has 7 heteroatoms. The Morgan fingerprint density at radius 3 is 2.31 bits per heavy atom. The second kappa shape index (κ2) is 13.7. The van der Waals surface area contributed by atoms with Crippen LogP contribution in [0.2, 0.25) is 0 Å². The molecule has 0 bridgehead atoms. The number of carbonyl (C=O) groups excluding carboxylic acids is 2. The number of hydrogen-bond donors (Lipinski definition) is 1. The maximum atomic E-state index is 12.8. The summed E-state index contributed by atoms with van der Waals surface area (Å²) in [4.78, 5) is 26.9. The predicted molar refractivity (Wildman–Crippen MR) is 172 cm³/mol. The lowest BCUT2D eigenvalue weighted by Gasteiger charge is -2.61. The number of ether oxygens (including phenoxy) is 1. The molecule has 42 heavy (non-hydrogen) atoms. The van der Waals surface area contributed by atoms with E-state index in [9.17, 15) is 9.59 Å². The zero-order chi connectivity index (χ0) is 29.9. The monoisotopic (exact) mass is 618 g/mol. The van der Waals surface area contributed by atoms with Gasteiger partial charge in [-0.2, -0.15) is 0 Å². The molecule has 8 atom stereocenters. The minimum absolute atomic E-state index is 0.0345. The molecule has 1 amide bonds. The third-order valence-electron chi connectivity index (χ3n) is 12.1. The summed E-state index contributed by atoms with van der Waals surface area (Å²) in [5.41, 5.74) is 2.98. The van der Waals surface area contributed by atoms with E-state index in [0.717, 1.165) is 68.6 Å². The van der Waals surface area contributed by atoms with Gasteiger partial charge in [-0.15, -0.1) is 23.2 Å². The second-order valence-electron chi connectivity index (χ2n) is 14.3. The summed E-state index contributed by atoms with van der Waals surface area (Å²) >= 11 is 11.9. The Bertz CT molecular complexity index is 1080. The Balaban J connectivity index is 1.09. The van der Waals surface area contributed by atoms with E-state index in [1.165, 1.54) is 44.1 Å². The first-order valence-corrected chi connectivity index (χ1v) is 17.7.